The van der Waals surface area contributed by atoms with Crippen LogP contribution in [0.5, 0.6) is 0 Å². The molecular formula is C24H21N3O4. The number of benzene rings is 2. The Morgan fingerprint density at radius 2 is 1.97 bits per heavy atom. The van der Waals surface area contributed by atoms with Crippen molar-refractivity contribution in [3.05, 3.63) is 77.0 Å². The predicted molar refractivity (Wildman–Crippen MR) is 115 cm³/mol. The van der Waals surface area contributed by atoms with E-state index in [-0.39, 0.29) is 17.9 Å². The van der Waals surface area contributed by atoms with Crippen LogP contribution in [0.2, 0.25) is 0 Å². The van der Waals surface area contributed by atoms with Gasteiger partial charge in [0.2, 0.25) is 5.91 Å². The molecule has 2 bridgehead atoms. The van der Waals surface area contributed by atoms with Gasteiger partial charge in [0.25, 0.3) is 0 Å². The van der Waals surface area contributed by atoms with E-state index in [9.17, 15) is 14.4 Å². The van der Waals surface area contributed by atoms with Gasteiger partial charge >= 0.3 is 12.0 Å². The zero-order valence-electron chi connectivity index (χ0n) is 17.0. The Morgan fingerprint density at radius 1 is 1.16 bits per heavy atom. The number of carbonyl (C=O) groups is 3. The monoisotopic (exact) mass is 415 g/mol. The molecule has 3 amide bonds. The second-order valence-corrected chi connectivity index (χ2v) is 7.99. The van der Waals surface area contributed by atoms with Crippen LogP contribution in [-0.4, -0.2) is 51.0 Å². The summed E-state index contributed by atoms with van der Waals surface area (Å²) in [6.45, 7) is 1.43. The molecule has 0 saturated carbocycles. The van der Waals surface area contributed by atoms with Crippen molar-refractivity contribution in [3.8, 4) is 0 Å². The first-order valence-electron chi connectivity index (χ1n) is 10.1. The van der Waals surface area contributed by atoms with Crippen LogP contribution in [0.3, 0.4) is 0 Å². The van der Waals surface area contributed by atoms with Crippen molar-refractivity contribution in [1.82, 2.24) is 14.4 Å². The number of nitrogens with zero attached hydrogens (tertiary/aromatic N) is 3. The number of carboxylic acids is 1. The molecule has 0 radical (unpaired) electrons. The standard InChI is InChI=1S/C24H21N3O4/c1-25-23(30)18-13-26(24(25)31)14-20-22(18)17-7-2-3-8-19(17)27(20)12-16-6-4-5-15(11-16)9-10-21(28)29/h2-11,18H,12-14H2,1H3,(H,28,29)/b10-9+. The van der Waals surface area contributed by atoms with Gasteiger partial charge in [-0.15, -0.1) is 0 Å². The topological polar surface area (TPSA) is 82.8 Å². The van der Waals surface area contributed by atoms with E-state index >= 15 is 0 Å². The Morgan fingerprint density at radius 3 is 2.77 bits per heavy atom. The van der Waals surface area contributed by atoms with Crippen molar-refractivity contribution < 1.29 is 19.5 Å². The van der Waals surface area contributed by atoms with E-state index in [1.807, 2.05) is 48.5 Å². The van der Waals surface area contributed by atoms with Gasteiger partial charge in [0.15, 0.2) is 0 Å². The number of carboxylic acid groups (broad SMARTS) is 1. The maximum Gasteiger partial charge on any atom is 0.328 e. The smallest absolute Gasteiger partial charge is 0.328 e. The van der Waals surface area contributed by atoms with Gasteiger partial charge in [-0.3, -0.25) is 9.69 Å². The molecule has 1 saturated heterocycles. The number of para-hydroxylation sites is 1. The molecule has 5 rings (SSSR count). The SMILES string of the molecule is CN1C(=O)C2CN(Cc3c2c2ccccc2n3Cc2cccc(/C=C/C(=O)O)c2)C1=O. The average Bonchev–Trinajstić information content (AvgIpc) is 3.08. The van der Waals surface area contributed by atoms with E-state index in [1.54, 1.807) is 18.0 Å². The maximum atomic E-state index is 12.9. The molecule has 7 heteroatoms. The van der Waals surface area contributed by atoms with Gasteiger partial charge < -0.3 is 14.6 Å². The van der Waals surface area contributed by atoms with Crippen molar-refractivity contribution in [2.45, 2.75) is 19.0 Å². The fraction of sp³-hybridized carbons (Fsp3) is 0.208. The largest absolute Gasteiger partial charge is 0.478 e. The Kier molecular flexibility index (Phi) is 4.39. The normalized spacial score (nSPS) is 18.2. The molecule has 0 aliphatic carbocycles. The van der Waals surface area contributed by atoms with Crippen molar-refractivity contribution in [1.29, 1.82) is 0 Å². The van der Waals surface area contributed by atoms with Crippen LogP contribution in [0.4, 0.5) is 4.79 Å². The van der Waals surface area contributed by atoms with E-state index in [4.69, 9.17) is 5.11 Å². The molecule has 3 heterocycles. The number of aromatic nitrogens is 1. The zero-order chi connectivity index (χ0) is 21.7. The highest BCUT2D eigenvalue weighted by atomic mass is 16.4. The molecule has 2 aromatic carbocycles. The summed E-state index contributed by atoms with van der Waals surface area (Å²) >= 11 is 0. The number of imide groups is 1. The highest BCUT2D eigenvalue weighted by molar-refractivity contribution is 6.04. The lowest BCUT2D eigenvalue weighted by molar-refractivity contribution is -0.132. The van der Waals surface area contributed by atoms with Crippen LogP contribution in [0.1, 0.15) is 28.3 Å². The van der Waals surface area contributed by atoms with Crippen LogP contribution >= 0.6 is 0 Å². The summed E-state index contributed by atoms with van der Waals surface area (Å²) in [6, 6.07) is 15.5. The molecule has 1 N–H and O–H groups in total. The summed E-state index contributed by atoms with van der Waals surface area (Å²) in [5.41, 5.74) is 4.84. The predicted octanol–water partition coefficient (Wildman–Crippen LogP) is 3.28. The second kappa shape index (κ2) is 7.12. The van der Waals surface area contributed by atoms with Crippen LogP contribution in [0, 0.1) is 0 Å². The lowest BCUT2D eigenvalue weighted by atomic mass is 9.89. The van der Waals surface area contributed by atoms with Crippen molar-refractivity contribution in [2.75, 3.05) is 13.6 Å². The first kappa shape index (κ1) is 19.1. The molecule has 3 aromatic rings. The van der Waals surface area contributed by atoms with Crippen LogP contribution < -0.4 is 0 Å². The van der Waals surface area contributed by atoms with Gasteiger partial charge in [-0.05, 0) is 34.9 Å². The molecule has 31 heavy (non-hydrogen) atoms. The van der Waals surface area contributed by atoms with E-state index < -0.39 is 5.97 Å². The molecule has 156 valence electrons. The van der Waals surface area contributed by atoms with Crippen molar-refractivity contribution in [3.63, 3.8) is 0 Å². The number of urea groups is 1. The molecule has 1 atom stereocenters. The van der Waals surface area contributed by atoms with E-state index in [0.717, 1.165) is 39.4 Å². The third-order valence-electron chi connectivity index (χ3n) is 6.11. The van der Waals surface area contributed by atoms with Gasteiger partial charge in [0.05, 0.1) is 12.5 Å². The molecule has 1 aromatic heterocycles. The third kappa shape index (κ3) is 3.09. The van der Waals surface area contributed by atoms with Gasteiger partial charge in [-0.2, -0.15) is 0 Å². The third-order valence-corrected chi connectivity index (χ3v) is 6.11. The fourth-order valence-electron chi connectivity index (χ4n) is 4.71. The Hall–Kier alpha value is -3.87. The van der Waals surface area contributed by atoms with Gasteiger partial charge in [-0.25, -0.2) is 9.59 Å². The molecule has 0 spiro atoms. The first-order chi connectivity index (χ1) is 14.9. The number of hydrogen-bond acceptors (Lipinski definition) is 3. The van der Waals surface area contributed by atoms with E-state index in [0.29, 0.717) is 19.6 Å². The summed E-state index contributed by atoms with van der Waals surface area (Å²) in [4.78, 5) is 39.3. The maximum absolute atomic E-state index is 12.9. The number of hydrogen-bond donors (Lipinski definition) is 1. The van der Waals surface area contributed by atoms with Crippen molar-refractivity contribution >= 4 is 34.9 Å². The Balaban J connectivity index is 1.62. The number of amides is 3. The lowest BCUT2D eigenvalue weighted by Crippen LogP contribution is -2.56. The fourth-order valence-corrected chi connectivity index (χ4v) is 4.71. The minimum Gasteiger partial charge on any atom is -0.478 e. The van der Waals surface area contributed by atoms with Crippen LogP contribution in [0.25, 0.3) is 17.0 Å². The Bertz CT molecular complexity index is 1270. The molecule has 2 aliphatic heterocycles. The average molecular weight is 415 g/mol. The molecule has 7 nitrogen and oxygen atoms in total. The quantitative estimate of drug-likeness (QED) is 0.663. The van der Waals surface area contributed by atoms with Gasteiger partial charge in [-0.1, -0.05) is 36.4 Å². The summed E-state index contributed by atoms with van der Waals surface area (Å²) < 4.78 is 2.18. The zero-order valence-corrected chi connectivity index (χ0v) is 17.0. The first-order valence-corrected chi connectivity index (χ1v) is 10.1. The summed E-state index contributed by atoms with van der Waals surface area (Å²) in [5.74, 6) is -1.51. The minimum atomic E-state index is -0.990. The van der Waals surface area contributed by atoms with Gasteiger partial charge in [0, 0.05) is 42.8 Å². The van der Waals surface area contributed by atoms with Crippen LogP contribution in [-0.2, 0) is 22.7 Å². The number of likely N-dealkylation sites (N-methyl/N-ethyl adjacent to an activating group) is 1. The van der Waals surface area contributed by atoms with E-state index in [1.165, 1.54) is 4.90 Å². The highest BCUT2D eigenvalue weighted by Crippen LogP contribution is 2.40. The molecule has 1 fully saturated rings. The molecule has 1 unspecified atom stereocenters. The number of carbonyl (C=O) groups excluding carboxylic acids is 2. The lowest BCUT2D eigenvalue weighted by Gasteiger charge is -2.41. The van der Waals surface area contributed by atoms with Crippen LogP contribution in [0.15, 0.2) is 54.6 Å². The minimum absolute atomic E-state index is 0.161. The summed E-state index contributed by atoms with van der Waals surface area (Å²) in [6.07, 6.45) is 2.69. The number of fused-ring (bicyclic) bond motifs is 6. The van der Waals surface area contributed by atoms with E-state index in [2.05, 4.69) is 4.57 Å². The number of aliphatic carboxylic acids is 1. The van der Waals surface area contributed by atoms with Crippen molar-refractivity contribution in [2.24, 2.45) is 0 Å². The Labute approximate surface area is 178 Å². The summed E-state index contributed by atoms with van der Waals surface area (Å²) in [5, 5.41) is 9.93. The van der Waals surface area contributed by atoms with Gasteiger partial charge in [0.1, 0.15) is 0 Å². The number of rotatable bonds is 4. The molecule has 2 aliphatic rings. The second-order valence-electron chi connectivity index (χ2n) is 7.99. The summed E-state index contributed by atoms with van der Waals surface area (Å²) in [7, 11) is 1.55. The highest BCUT2D eigenvalue weighted by Gasteiger charge is 2.44. The molecular weight excluding hydrogens is 394 g/mol.